The summed E-state index contributed by atoms with van der Waals surface area (Å²) in [5, 5.41) is 0. The zero-order chi connectivity index (χ0) is 9.68. The van der Waals surface area contributed by atoms with E-state index < -0.39 is 0 Å². The highest BCUT2D eigenvalue weighted by Crippen LogP contribution is 2.10. The molecule has 0 unspecified atom stereocenters. The molecule has 0 aromatic carbocycles. The molecule has 1 aromatic rings. The number of methoxy groups -OCH3 is 1. The third-order valence-corrected chi connectivity index (χ3v) is 1.45. The van der Waals surface area contributed by atoms with Gasteiger partial charge in [-0.1, -0.05) is 0 Å². The molecular formula is C8H12N4O. The van der Waals surface area contributed by atoms with Gasteiger partial charge in [-0.2, -0.15) is 0 Å². The van der Waals surface area contributed by atoms with E-state index in [1.165, 1.54) is 0 Å². The van der Waals surface area contributed by atoms with Crippen LogP contribution in [0.5, 0.6) is 5.75 Å². The average molecular weight is 180 g/mol. The molecule has 1 aromatic heterocycles. The van der Waals surface area contributed by atoms with Crippen molar-refractivity contribution in [1.29, 1.82) is 0 Å². The highest BCUT2D eigenvalue weighted by atomic mass is 16.5. The Balaban J connectivity index is 2.72. The summed E-state index contributed by atoms with van der Waals surface area (Å²) in [6.07, 6.45) is 3.31. The molecule has 1 rings (SSSR count). The smallest absolute Gasteiger partial charge is 0.186 e. The minimum Gasteiger partial charge on any atom is -0.495 e. The first-order valence-corrected chi connectivity index (χ1v) is 3.75. The van der Waals surface area contributed by atoms with Gasteiger partial charge in [0.2, 0.25) is 0 Å². The van der Waals surface area contributed by atoms with Crippen LogP contribution in [-0.4, -0.2) is 18.1 Å². The maximum Gasteiger partial charge on any atom is 0.186 e. The Morgan fingerprint density at radius 3 is 2.92 bits per heavy atom. The van der Waals surface area contributed by atoms with Crippen molar-refractivity contribution in [2.45, 2.75) is 6.54 Å². The van der Waals surface area contributed by atoms with Crippen LogP contribution in [-0.2, 0) is 6.54 Å². The van der Waals surface area contributed by atoms with E-state index in [0.29, 0.717) is 12.3 Å². The van der Waals surface area contributed by atoms with Crippen molar-refractivity contribution in [2.24, 2.45) is 16.5 Å². The van der Waals surface area contributed by atoms with Gasteiger partial charge in [0.05, 0.1) is 19.9 Å². The SMILES string of the molecule is COc1cncc(CN=C(N)N)c1. The van der Waals surface area contributed by atoms with Gasteiger partial charge in [0.15, 0.2) is 5.96 Å². The normalized spacial score (nSPS) is 9.31. The molecule has 0 aliphatic rings. The summed E-state index contributed by atoms with van der Waals surface area (Å²) in [4.78, 5) is 7.80. The van der Waals surface area contributed by atoms with E-state index in [-0.39, 0.29) is 5.96 Å². The predicted molar refractivity (Wildman–Crippen MR) is 50.3 cm³/mol. The summed E-state index contributed by atoms with van der Waals surface area (Å²) in [6.45, 7) is 0.423. The van der Waals surface area contributed by atoms with Crippen molar-refractivity contribution < 1.29 is 4.74 Å². The fraction of sp³-hybridized carbons (Fsp3) is 0.250. The Hall–Kier alpha value is -1.78. The van der Waals surface area contributed by atoms with E-state index in [1.54, 1.807) is 19.5 Å². The predicted octanol–water partition coefficient (Wildman–Crippen LogP) is -0.136. The zero-order valence-corrected chi connectivity index (χ0v) is 7.40. The molecule has 0 fully saturated rings. The number of guanidine groups is 1. The average Bonchev–Trinajstić information content (AvgIpc) is 2.15. The van der Waals surface area contributed by atoms with Crippen LogP contribution in [0.1, 0.15) is 5.56 Å². The van der Waals surface area contributed by atoms with Gasteiger partial charge in [-0.15, -0.1) is 0 Å². The highest BCUT2D eigenvalue weighted by molar-refractivity contribution is 5.75. The minimum atomic E-state index is 0.0721. The van der Waals surface area contributed by atoms with Gasteiger partial charge >= 0.3 is 0 Å². The largest absolute Gasteiger partial charge is 0.495 e. The molecule has 0 bridgehead atoms. The van der Waals surface area contributed by atoms with Crippen molar-refractivity contribution in [2.75, 3.05) is 7.11 Å². The Labute approximate surface area is 76.4 Å². The molecule has 0 saturated heterocycles. The van der Waals surface area contributed by atoms with Gasteiger partial charge in [-0.3, -0.25) is 4.98 Å². The molecule has 0 saturated carbocycles. The molecular weight excluding hydrogens is 168 g/mol. The van der Waals surface area contributed by atoms with Gasteiger partial charge in [-0.25, -0.2) is 4.99 Å². The quantitative estimate of drug-likeness (QED) is 0.501. The van der Waals surface area contributed by atoms with Crippen molar-refractivity contribution in [3.05, 3.63) is 24.0 Å². The molecule has 13 heavy (non-hydrogen) atoms. The molecule has 70 valence electrons. The first kappa shape index (κ1) is 9.31. The molecule has 0 aliphatic heterocycles. The summed E-state index contributed by atoms with van der Waals surface area (Å²) in [5.41, 5.74) is 11.3. The lowest BCUT2D eigenvalue weighted by molar-refractivity contribution is 0.412. The first-order chi connectivity index (χ1) is 6.22. The fourth-order valence-electron chi connectivity index (χ4n) is 0.844. The lowest BCUT2D eigenvalue weighted by Crippen LogP contribution is -2.22. The van der Waals surface area contributed by atoms with Crippen LogP contribution in [0.15, 0.2) is 23.5 Å². The summed E-state index contributed by atoms with van der Waals surface area (Å²) in [7, 11) is 1.58. The second-order valence-electron chi connectivity index (χ2n) is 2.47. The van der Waals surface area contributed by atoms with Gasteiger partial charge in [0.1, 0.15) is 5.75 Å². The van der Waals surface area contributed by atoms with E-state index in [1.807, 2.05) is 6.07 Å². The van der Waals surface area contributed by atoms with E-state index in [2.05, 4.69) is 9.98 Å². The number of nitrogens with zero attached hydrogens (tertiary/aromatic N) is 2. The number of hydrogen-bond donors (Lipinski definition) is 2. The lowest BCUT2D eigenvalue weighted by Gasteiger charge is -2.00. The van der Waals surface area contributed by atoms with Crippen LogP contribution in [0, 0.1) is 0 Å². The monoisotopic (exact) mass is 180 g/mol. The second kappa shape index (κ2) is 4.30. The summed E-state index contributed by atoms with van der Waals surface area (Å²) >= 11 is 0. The Morgan fingerprint density at radius 1 is 1.54 bits per heavy atom. The van der Waals surface area contributed by atoms with E-state index in [9.17, 15) is 0 Å². The minimum absolute atomic E-state index is 0.0721. The molecule has 0 aliphatic carbocycles. The maximum absolute atomic E-state index is 5.19. The number of pyridine rings is 1. The van der Waals surface area contributed by atoms with Crippen LogP contribution < -0.4 is 16.2 Å². The number of aliphatic imine (C=N–C) groups is 1. The van der Waals surface area contributed by atoms with Crippen molar-refractivity contribution in [3.63, 3.8) is 0 Å². The zero-order valence-electron chi connectivity index (χ0n) is 7.40. The van der Waals surface area contributed by atoms with Crippen LogP contribution >= 0.6 is 0 Å². The molecule has 0 atom stereocenters. The van der Waals surface area contributed by atoms with Gasteiger partial charge in [0, 0.05) is 6.20 Å². The van der Waals surface area contributed by atoms with Crippen molar-refractivity contribution in [1.82, 2.24) is 4.98 Å². The van der Waals surface area contributed by atoms with Crippen molar-refractivity contribution >= 4 is 5.96 Å². The number of rotatable bonds is 3. The number of aromatic nitrogens is 1. The molecule has 1 heterocycles. The lowest BCUT2D eigenvalue weighted by atomic mass is 10.3. The van der Waals surface area contributed by atoms with Crippen molar-refractivity contribution in [3.8, 4) is 5.75 Å². The Kier molecular flexibility index (Phi) is 3.08. The number of hydrogen-bond acceptors (Lipinski definition) is 3. The van der Waals surface area contributed by atoms with Crippen LogP contribution in [0.2, 0.25) is 0 Å². The molecule has 5 heteroatoms. The van der Waals surface area contributed by atoms with Crippen LogP contribution in [0.3, 0.4) is 0 Å². The standard InChI is InChI=1S/C8H12N4O/c1-13-7-2-6(3-11-5-7)4-12-8(9)10/h2-3,5H,4H2,1H3,(H4,9,10,12). The Bertz CT molecular complexity index is 307. The van der Waals surface area contributed by atoms with E-state index >= 15 is 0 Å². The summed E-state index contributed by atoms with van der Waals surface area (Å²) in [5.74, 6) is 0.770. The van der Waals surface area contributed by atoms with Crippen LogP contribution in [0.4, 0.5) is 0 Å². The Morgan fingerprint density at radius 2 is 2.31 bits per heavy atom. The van der Waals surface area contributed by atoms with Gasteiger partial charge < -0.3 is 16.2 Å². The van der Waals surface area contributed by atoms with Crippen LogP contribution in [0.25, 0.3) is 0 Å². The number of nitrogens with two attached hydrogens (primary N) is 2. The molecule has 0 amide bonds. The first-order valence-electron chi connectivity index (χ1n) is 3.75. The fourth-order valence-corrected chi connectivity index (χ4v) is 0.844. The molecule has 0 spiro atoms. The van der Waals surface area contributed by atoms with E-state index in [4.69, 9.17) is 16.2 Å². The van der Waals surface area contributed by atoms with E-state index in [0.717, 1.165) is 5.56 Å². The van der Waals surface area contributed by atoms with Gasteiger partial charge in [0.25, 0.3) is 0 Å². The molecule has 5 nitrogen and oxygen atoms in total. The summed E-state index contributed by atoms with van der Waals surface area (Å²) < 4.78 is 4.99. The summed E-state index contributed by atoms with van der Waals surface area (Å²) in [6, 6.07) is 1.83. The molecule has 4 N–H and O–H groups in total. The second-order valence-corrected chi connectivity index (χ2v) is 2.47. The third kappa shape index (κ3) is 2.98. The highest BCUT2D eigenvalue weighted by Gasteiger charge is 1.95. The number of ether oxygens (including phenoxy) is 1. The maximum atomic E-state index is 5.19. The third-order valence-electron chi connectivity index (χ3n) is 1.45. The van der Waals surface area contributed by atoms with Gasteiger partial charge in [-0.05, 0) is 11.6 Å². The topological polar surface area (TPSA) is 86.5 Å². The molecule has 0 radical (unpaired) electrons.